The number of ether oxygens (including phenoxy) is 1. The fourth-order valence-electron chi connectivity index (χ4n) is 9.06. The molecule has 0 spiro atoms. The van der Waals surface area contributed by atoms with Gasteiger partial charge in [0.1, 0.15) is 5.75 Å². The third-order valence-corrected chi connectivity index (χ3v) is 10.8. The largest absolute Gasteiger partial charge is 0.494 e. The van der Waals surface area contributed by atoms with Gasteiger partial charge >= 0.3 is 0 Å². The van der Waals surface area contributed by atoms with Crippen molar-refractivity contribution in [2.75, 3.05) is 32.8 Å². The summed E-state index contributed by atoms with van der Waals surface area (Å²) < 4.78 is 6.23. The molecule has 0 N–H and O–H groups in total. The minimum Gasteiger partial charge on any atom is -0.494 e. The zero-order chi connectivity index (χ0) is 22.4. The molecule has 3 heteroatoms. The lowest BCUT2D eigenvalue weighted by molar-refractivity contribution is 0.00683. The van der Waals surface area contributed by atoms with Crippen molar-refractivity contribution in [2.24, 2.45) is 17.3 Å². The summed E-state index contributed by atoms with van der Waals surface area (Å²) in [6.07, 6.45) is 15.2. The summed E-state index contributed by atoms with van der Waals surface area (Å²) in [7, 11) is 0. The van der Waals surface area contributed by atoms with E-state index < -0.39 is 0 Å². The molecule has 0 radical (unpaired) electrons. The number of rotatable bonds is 6. The standard InChI is InChI=1S/C30H46N2O/c1-22-7-5-18-31(22)19-6-20-33-24-9-11-25-23(21-24)8-10-27-26(25)14-15-30(2)28(27)12-13-29(30)32-16-3-4-17-32/h9,11,21-22,26-29H,3-8,10,12-20H2,1-2H3/t22?,26-,27-,28+,29+,30+/m1/s1. The first kappa shape index (κ1) is 22.4. The zero-order valence-electron chi connectivity index (χ0n) is 21.2. The molecule has 0 aromatic heterocycles. The van der Waals surface area contributed by atoms with Gasteiger partial charge in [-0.1, -0.05) is 13.0 Å². The molecular weight excluding hydrogens is 404 g/mol. The van der Waals surface area contributed by atoms with Crippen LogP contribution in [0.5, 0.6) is 5.75 Å². The van der Waals surface area contributed by atoms with E-state index in [1.165, 1.54) is 90.4 Å². The first-order valence-electron chi connectivity index (χ1n) is 14.4. The predicted molar refractivity (Wildman–Crippen MR) is 136 cm³/mol. The second-order valence-corrected chi connectivity index (χ2v) is 12.4. The van der Waals surface area contributed by atoms with E-state index >= 15 is 0 Å². The van der Waals surface area contributed by atoms with Crippen LogP contribution in [0, 0.1) is 17.3 Å². The molecule has 1 aromatic carbocycles. The number of fused-ring (bicyclic) bond motifs is 5. The third kappa shape index (κ3) is 4.05. The maximum Gasteiger partial charge on any atom is 0.119 e. The monoisotopic (exact) mass is 450 g/mol. The number of nitrogens with zero attached hydrogens (tertiary/aromatic N) is 2. The predicted octanol–water partition coefficient (Wildman–Crippen LogP) is 6.26. The molecule has 0 bridgehead atoms. The Hall–Kier alpha value is -1.06. The molecule has 1 unspecified atom stereocenters. The molecular formula is C30H46N2O. The van der Waals surface area contributed by atoms with Crippen molar-refractivity contribution in [3.05, 3.63) is 29.3 Å². The van der Waals surface area contributed by atoms with Gasteiger partial charge in [-0.2, -0.15) is 0 Å². The summed E-state index contributed by atoms with van der Waals surface area (Å²) in [4.78, 5) is 5.51. The van der Waals surface area contributed by atoms with Gasteiger partial charge in [-0.15, -0.1) is 0 Å². The maximum absolute atomic E-state index is 6.23. The van der Waals surface area contributed by atoms with Crippen LogP contribution in [0.3, 0.4) is 0 Å². The van der Waals surface area contributed by atoms with Crippen molar-refractivity contribution in [1.29, 1.82) is 0 Å². The van der Waals surface area contributed by atoms with Crippen molar-refractivity contribution in [3.8, 4) is 5.75 Å². The van der Waals surface area contributed by atoms with Gasteiger partial charge in [-0.3, -0.25) is 4.90 Å². The van der Waals surface area contributed by atoms with Crippen molar-refractivity contribution in [3.63, 3.8) is 0 Å². The molecule has 2 saturated carbocycles. The Morgan fingerprint density at radius 1 is 1.00 bits per heavy atom. The molecule has 3 nitrogen and oxygen atoms in total. The van der Waals surface area contributed by atoms with Gasteiger partial charge < -0.3 is 9.64 Å². The van der Waals surface area contributed by atoms with Crippen LogP contribution in [0.25, 0.3) is 0 Å². The van der Waals surface area contributed by atoms with Crippen molar-refractivity contribution in [2.45, 2.75) is 102 Å². The summed E-state index contributed by atoms with van der Waals surface area (Å²) >= 11 is 0. The summed E-state index contributed by atoms with van der Waals surface area (Å²) in [5, 5.41) is 0. The second kappa shape index (κ2) is 9.19. The molecule has 2 aliphatic heterocycles. The zero-order valence-corrected chi connectivity index (χ0v) is 21.2. The highest BCUT2D eigenvalue weighted by molar-refractivity contribution is 5.40. The lowest BCUT2D eigenvalue weighted by atomic mass is 9.55. The van der Waals surface area contributed by atoms with E-state index in [0.29, 0.717) is 5.41 Å². The molecule has 3 aliphatic carbocycles. The van der Waals surface area contributed by atoms with Crippen LogP contribution in [-0.4, -0.2) is 54.7 Å². The minimum absolute atomic E-state index is 0.568. The van der Waals surface area contributed by atoms with Crippen LogP contribution >= 0.6 is 0 Å². The van der Waals surface area contributed by atoms with Gasteiger partial charge in [0.05, 0.1) is 6.61 Å². The van der Waals surface area contributed by atoms with E-state index in [4.69, 9.17) is 4.74 Å². The minimum atomic E-state index is 0.568. The van der Waals surface area contributed by atoms with Crippen molar-refractivity contribution < 1.29 is 4.74 Å². The van der Waals surface area contributed by atoms with E-state index in [1.54, 1.807) is 11.1 Å². The van der Waals surface area contributed by atoms with Crippen molar-refractivity contribution in [1.82, 2.24) is 9.80 Å². The third-order valence-electron chi connectivity index (χ3n) is 10.8. The number of aryl methyl sites for hydroxylation is 1. The molecule has 2 heterocycles. The fourth-order valence-corrected chi connectivity index (χ4v) is 9.06. The number of hydrogen-bond acceptors (Lipinski definition) is 3. The molecule has 0 amide bonds. The van der Waals surface area contributed by atoms with Gasteiger partial charge in [0.15, 0.2) is 0 Å². The summed E-state index contributed by atoms with van der Waals surface area (Å²) in [5.41, 5.74) is 3.84. The first-order valence-corrected chi connectivity index (χ1v) is 14.4. The normalized spacial score (nSPS) is 38.8. The van der Waals surface area contributed by atoms with Gasteiger partial charge in [-0.25, -0.2) is 0 Å². The average Bonchev–Trinajstić information content (AvgIpc) is 3.56. The highest BCUT2D eigenvalue weighted by Gasteiger charge is 2.56. The molecule has 1 aromatic rings. The molecule has 6 atom stereocenters. The highest BCUT2D eigenvalue weighted by atomic mass is 16.5. The molecule has 2 saturated heterocycles. The second-order valence-electron chi connectivity index (χ2n) is 12.4. The number of likely N-dealkylation sites (tertiary alicyclic amines) is 2. The van der Waals surface area contributed by atoms with Crippen molar-refractivity contribution >= 4 is 0 Å². The van der Waals surface area contributed by atoms with Gasteiger partial charge in [0.2, 0.25) is 0 Å². The lowest BCUT2D eigenvalue weighted by Crippen LogP contribution is -2.49. The van der Waals surface area contributed by atoms with Gasteiger partial charge in [0, 0.05) is 18.6 Å². The quantitative estimate of drug-likeness (QED) is 0.476. The first-order chi connectivity index (χ1) is 16.1. The van der Waals surface area contributed by atoms with Crippen LogP contribution in [0.15, 0.2) is 18.2 Å². The summed E-state index contributed by atoms with van der Waals surface area (Å²) in [6, 6.07) is 8.78. The van der Waals surface area contributed by atoms with Crippen LogP contribution in [-0.2, 0) is 6.42 Å². The smallest absolute Gasteiger partial charge is 0.119 e. The SMILES string of the molecule is CC1CCCN1CCCOc1ccc2c(c1)CC[C@@H]1[C@@H]2CC[C@]2(C)[C@@H](N3CCCC3)CC[C@@H]12. The fraction of sp³-hybridized carbons (Fsp3) is 0.800. The molecule has 4 fully saturated rings. The van der Waals surface area contributed by atoms with Crippen LogP contribution in [0.1, 0.15) is 95.1 Å². The molecule has 6 rings (SSSR count). The van der Waals surface area contributed by atoms with Gasteiger partial charge in [0.25, 0.3) is 0 Å². The topological polar surface area (TPSA) is 15.7 Å². The average molecular weight is 451 g/mol. The number of hydrogen-bond donors (Lipinski definition) is 0. The Kier molecular flexibility index (Phi) is 6.24. The Labute approximate surface area is 202 Å². The Morgan fingerprint density at radius 2 is 1.88 bits per heavy atom. The molecule has 5 aliphatic rings. The van der Waals surface area contributed by atoms with E-state index in [-0.39, 0.29) is 0 Å². The van der Waals surface area contributed by atoms with E-state index in [1.807, 2.05) is 0 Å². The Morgan fingerprint density at radius 3 is 2.70 bits per heavy atom. The Balaban J connectivity index is 1.09. The van der Waals surface area contributed by atoms with E-state index in [2.05, 4.69) is 41.8 Å². The molecule has 182 valence electrons. The molecule has 33 heavy (non-hydrogen) atoms. The summed E-state index contributed by atoms with van der Waals surface area (Å²) in [6.45, 7) is 11.1. The van der Waals surface area contributed by atoms with E-state index in [9.17, 15) is 0 Å². The number of benzene rings is 1. The van der Waals surface area contributed by atoms with E-state index in [0.717, 1.165) is 48.6 Å². The van der Waals surface area contributed by atoms with Gasteiger partial charge in [-0.05, 0) is 144 Å². The maximum atomic E-state index is 6.23. The highest BCUT2D eigenvalue weighted by Crippen LogP contribution is 2.62. The lowest BCUT2D eigenvalue weighted by Gasteiger charge is -2.52. The van der Waals surface area contributed by atoms with Crippen LogP contribution in [0.2, 0.25) is 0 Å². The van der Waals surface area contributed by atoms with Crippen LogP contribution < -0.4 is 4.74 Å². The Bertz CT molecular complexity index is 833. The summed E-state index contributed by atoms with van der Waals surface area (Å²) in [5.74, 6) is 3.77. The van der Waals surface area contributed by atoms with Crippen LogP contribution in [0.4, 0.5) is 0 Å².